The molecule has 2 aromatic rings. The quantitative estimate of drug-likeness (QED) is 0.706. The number of hydrogen-bond donors (Lipinski definition) is 0. The molecule has 0 N–H and O–H groups in total. The second kappa shape index (κ2) is 5.28. The summed E-state index contributed by atoms with van der Waals surface area (Å²) in [5.74, 6) is 0.968. The second-order valence-corrected chi connectivity index (χ2v) is 7.57. The standard InChI is InChI=1S/C18H20BrNO/c19-16-12-17(18(16)8-2-1-3-9-18)21-14-7-6-13-5-4-10-20-15(13)11-14/h4-7,10-11,16-17H,1-3,8-9,12H2. The van der Waals surface area contributed by atoms with Gasteiger partial charge in [-0.15, -0.1) is 0 Å². The lowest BCUT2D eigenvalue weighted by Gasteiger charge is -2.55. The predicted octanol–water partition coefficient (Wildman–Crippen LogP) is 5.10. The van der Waals surface area contributed by atoms with E-state index in [1.807, 2.05) is 12.3 Å². The van der Waals surface area contributed by atoms with Gasteiger partial charge in [0.05, 0.1) is 5.52 Å². The molecule has 0 radical (unpaired) electrons. The van der Waals surface area contributed by atoms with Crippen LogP contribution in [0.15, 0.2) is 36.5 Å². The molecule has 0 saturated heterocycles. The maximum Gasteiger partial charge on any atom is 0.121 e. The van der Waals surface area contributed by atoms with Crippen molar-refractivity contribution in [3.05, 3.63) is 36.5 Å². The van der Waals surface area contributed by atoms with Gasteiger partial charge in [0.2, 0.25) is 0 Å². The van der Waals surface area contributed by atoms with Gasteiger partial charge in [0.15, 0.2) is 0 Å². The molecule has 21 heavy (non-hydrogen) atoms. The number of ether oxygens (including phenoxy) is 1. The van der Waals surface area contributed by atoms with Gasteiger partial charge in [0, 0.05) is 27.9 Å². The molecule has 3 heteroatoms. The molecule has 1 aromatic carbocycles. The molecule has 2 atom stereocenters. The fraction of sp³-hybridized carbons (Fsp3) is 0.500. The van der Waals surface area contributed by atoms with Crippen molar-refractivity contribution < 1.29 is 4.74 Å². The highest BCUT2D eigenvalue weighted by atomic mass is 79.9. The van der Waals surface area contributed by atoms with Crippen LogP contribution >= 0.6 is 15.9 Å². The lowest BCUT2D eigenvalue weighted by molar-refractivity contribution is -0.0600. The number of nitrogens with zero attached hydrogens (tertiary/aromatic N) is 1. The van der Waals surface area contributed by atoms with Gasteiger partial charge in [-0.05, 0) is 37.5 Å². The summed E-state index contributed by atoms with van der Waals surface area (Å²) < 4.78 is 6.35. The van der Waals surface area contributed by atoms with E-state index in [-0.39, 0.29) is 0 Å². The molecule has 2 unspecified atom stereocenters. The van der Waals surface area contributed by atoms with Crippen molar-refractivity contribution in [2.24, 2.45) is 5.41 Å². The molecule has 2 fully saturated rings. The van der Waals surface area contributed by atoms with Crippen molar-refractivity contribution in [3.8, 4) is 5.75 Å². The number of aromatic nitrogens is 1. The zero-order valence-corrected chi connectivity index (χ0v) is 13.7. The van der Waals surface area contributed by atoms with Crippen molar-refractivity contribution in [2.45, 2.75) is 49.5 Å². The molecule has 110 valence electrons. The Balaban J connectivity index is 1.57. The molecular weight excluding hydrogens is 326 g/mol. The van der Waals surface area contributed by atoms with Crippen molar-refractivity contribution in [1.29, 1.82) is 0 Å². The normalized spacial score (nSPS) is 27.5. The number of alkyl halides is 1. The molecule has 0 bridgehead atoms. The first kappa shape index (κ1) is 13.6. The Morgan fingerprint density at radius 2 is 2.00 bits per heavy atom. The summed E-state index contributed by atoms with van der Waals surface area (Å²) in [6.45, 7) is 0. The van der Waals surface area contributed by atoms with E-state index in [0.29, 0.717) is 16.3 Å². The van der Waals surface area contributed by atoms with Crippen LogP contribution in [-0.2, 0) is 0 Å². The van der Waals surface area contributed by atoms with Crippen molar-refractivity contribution in [1.82, 2.24) is 4.98 Å². The first-order valence-corrected chi connectivity index (χ1v) is 8.85. The lowest BCUT2D eigenvalue weighted by Crippen LogP contribution is -2.57. The minimum atomic E-state index is 0.364. The summed E-state index contributed by atoms with van der Waals surface area (Å²) in [7, 11) is 0. The largest absolute Gasteiger partial charge is 0.490 e. The Morgan fingerprint density at radius 3 is 2.81 bits per heavy atom. The van der Waals surface area contributed by atoms with E-state index in [1.54, 1.807) is 0 Å². The molecule has 2 aliphatic rings. The first-order chi connectivity index (χ1) is 10.3. The van der Waals surface area contributed by atoms with Crippen LogP contribution in [0.3, 0.4) is 0 Å². The first-order valence-electron chi connectivity index (χ1n) is 7.93. The molecule has 2 saturated carbocycles. The van der Waals surface area contributed by atoms with Gasteiger partial charge in [0.25, 0.3) is 0 Å². The van der Waals surface area contributed by atoms with Gasteiger partial charge in [-0.1, -0.05) is 41.3 Å². The van der Waals surface area contributed by atoms with Gasteiger partial charge >= 0.3 is 0 Å². The molecule has 1 aromatic heterocycles. The summed E-state index contributed by atoms with van der Waals surface area (Å²) in [6.07, 6.45) is 10.0. The summed E-state index contributed by atoms with van der Waals surface area (Å²) in [5, 5.41) is 1.17. The smallest absolute Gasteiger partial charge is 0.121 e. The second-order valence-electron chi connectivity index (χ2n) is 6.46. The lowest BCUT2D eigenvalue weighted by atomic mass is 9.58. The zero-order chi connectivity index (χ0) is 14.3. The van der Waals surface area contributed by atoms with Crippen LogP contribution in [0.4, 0.5) is 0 Å². The topological polar surface area (TPSA) is 22.1 Å². The van der Waals surface area contributed by atoms with E-state index >= 15 is 0 Å². The molecular formula is C18H20BrNO. The number of hydrogen-bond acceptors (Lipinski definition) is 2. The number of benzene rings is 1. The fourth-order valence-electron chi connectivity index (χ4n) is 3.99. The van der Waals surface area contributed by atoms with Crippen LogP contribution in [0.1, 0.15) is 38.5 Å². The number of fused-ring (bicyclic) bond motifs is 1. The fourth-order valence-corrected chi connectivity index (χ4v) is 5.09. The molecule has 1 heterocycles. The highest BCUT2D eigenvalue weighted by Crippen LogP contribution is 2.56. The van der Waals surface area contributed by atoms with Gasteiger partial charge in [-0.2, -0.15) is 0 Å². The van der Waals surface area contributed by atoms with Gasteiger partial charge < -0.3 is 4.74 Å². The molecule has 2 nitrogen and oxygen atoms in total. The maximum absolute atomic E-state index is 6.35. The average molecular weight is 346 g/mol. The Morgan fingerprint density at radius 1 is 1.14 bits per heavy atom. The van der Waals surface area contributed by atoms with Crippen LogP contribution < -0.4 is 4.74 Å². The summed E-state index contributed by atoms with van der Waals surface area (Å²) >= 11 is 3.88. The van der Waals surface area contributed by atoms with Crippen LogP contribution in [0.5, 0.6) is 5.75 Å². The molecule has 0 aliphatic heterocycles. The average Bonchev–Trinajstić information content (AvgIpc) is 2.55. The Kier molecular flexibility index (Phi) is 3.41. The van der Waals surface area contributed by atoms with Gasteiger partial charge in [0.1, 0.15) is 11.9 Å². The van der Waals surface area contributed by atoms with Crippen molar-refractivity contribution >= 4 is 26.8 Å². The highest BCUT2D eigenvalue weighted by Gasteiger charge is 2.55. The minimum absolute atomic E-state index is 0.364. The Hall–Kier alpha value is -1.09. The molecule has 4 rings (SSSR count). The third kappa shape index (κ3) is 2.26. The van der Waals surface area contributed by atoms with E-state index in [1.165, 1.54) is 37.5 Å². The Bertz CT molecular complexity index is 650. The summed E-state index contributed by atoms with van der Waals surface area (Å²) in [4.78, 5) is 5.06. The van der Waals surface area contributed by atoms with Gasteiger partial charge in [-0.3, -0.25) is 4.98 Å². The van der Waals surface area contributed by atoms with E-state index in [4.69, 9.17) is 4.74 Å². The monoisotopic (exact) mass is 345 g/mol. The van der Waals surface area contributed by atoms with Crippen molar-refractivity contribution in [3.63, 3.8) is 0 Å². The van der Waals surface area contributed by atoms with E-state index in [9.17, 15) is 0 Å². The number of pyridine rings is 1. The van der Waals surface area contributed by atoms with Crippen LogP contribution in [-0.4, -0.2) is 15.9 Å². The predicted molar refractivity (Wildman–Crippen MR) is 89.0 cm³/mol. The molecule has 2 aliphatic carbocycles. The summed E-state index contributed by atoms with van der Waals surface area (Å²) in [6, 6.07) is 10.3. The summed E-state index contributed by atoms with van der Waals surface area (Å²) in [5.41, 5.74) is 1.39. The van der Waals surface area contributed by atoms with Gasteiger partial charge in [-0.25, -0.2) is 0 Å². The molecule has 0 amide bonds. The highest BCUT2D eigenvalue weighted by molar-refractivity contribution is 9.09. The van der Waals surface area contributed by atoms with Crippen molar-refractivity contribution in [2.75, 3.05) is 0 Å². The van der Waals surface area contributed by atoms with E-state index < -0.39 is 0 Å². The zero-order valence-electron chi connectivity index (χ0n) is 12.1. The van der Waals surface area contributed by atoms with E-state index in [0.717, 1.165) is 17.7 Å². The van der Waals surface area contributed by atoms with Crippen LogP contribution in [0.2, 0.25) is 0 Å². The minimum Gasteiger partial charge on any atom is -0.490 e. The van der Waals surface area contributed by atoms with E-state index in [2.05, 4.69) is 45.2 Å². The Labute approximate surface area is 134 Å². The van der Waals surface area contributed by atoms with Crippen LogP contribution in [0.25, 0.3) is 10.9 Å². The number of halogens is 1. The molecule has 1 spiro atoms. The third-order valence-corrected chi connectivity index (χ3v) is 6.61. The third-order valence-electron chi connectivity index (χ3n) is 5.33. The van der Waals surface area contributed by atoms with Crippen LogP contribution in [0, 0.1) is 5.41 Å². The number of rotatable bonds is 2. The maximum atomic E-state index is 6.35. The SMILES string of the molecule is BrC1CC(Oc2ccc3cccnc3c2)C12CCCCC2.